The van der Waals surface area contributed by atoms with Crippen molar-refractivity contribution >= 4 is 51.4 Å². The molecule has 37 heavy (non-hydrogen) atoms. The van der Waals surface area contributed by atoms with E-state index in [1.807, 2.05) is 55.5 Å². The molecule has 1 heterocycles. The fraction of sp³-hybridized carbons (Fsp3) is 0.133. The molecule has 1 fully saturated rings. The van der Waals surface area contributed by atoms with E-state index >= 15 is 0 Å². The molecule has 1 aliphatic heterocycles. The molecule has 0 aliphatic carbocycles. The van der Waals surface area contributed by atoms with Gasteiger partial charge in [0.1, 0.15) is 12.3 Å². The highest BCUT2D eigenvalue weighted by Gasteiger charge is 2.33. The van der Waals surface area contributed by atoms with E-state index in [2.05, 4.69) is 52.2 Å². The lowest BCUT2D eigenvalue weighted by Gasteiger charge is -2.15. The van der Waals surface area contributed by atoms with Crippen molar-refractivity contribution in [2.75, 3.05) is 7.11 Å². The molecule has 0 radical (unpaired) electrons. The van der Waals surface area contributed by atoms with E-state index in [0.717, 1.165) is 36.6 Å². The number of carbonyl (C=O) groups is 2. The molecule has 7 heteroatoms. The zero-order valence-corrected chi connectivity index (χ0v) is 22.6. The van der Waals surface area contributed by atoms with Gasteiger partial charge >= 0.3 is 6.03 Å². The second kappa shape index (κ2) is 10.6. The van der Waals surface area contributed by atoms with Crippen molar-refractivity contribution in [3.63, 3.8) is 0 Å². The summed E-state index contributed by atoms with van der Waals surface area (Å²) in [6.07, 6.45) is 1.66. The van der Waals surface area contributed by atoms with Crippen LogP contribution in [0.1, 0.15) is 22.3 Å². The van der Waals surface area contributed by atoms with E-state index in [0.29, 0.717) is 18.1 Å². The topological polar surface area (TPSA) is 67.9 Å². The van der Waals surface area contributed by atoms with E-state index < -0.39 is 6.03 Å². The molecule has 4 aromatic rings. The molecule has 3 amide bonds. The molecule has 4 aromatic carbocycles. The van der Waals surface area contributed by atoms with Gasteiger partial charge < -0.3 is 14.8 Å². The number of nitrogens with zero attached hydrogens (tertiary/aromatic N) is 1. The summed E-state index contributed by atoms with van der Waals surface area (Å²) in [7, 11) is 1.58. The van der Waals surface area contributed by atoms with Gasteiger partial charge in [0.05, 0.1) is 17.2 Å². The van der Waals surface area contributed by atoms with Crippen LogP contribution in [0.3, 0.4) is 0 Å². The first-order chi connectivity index (χ1) is 17.9. The van der Waals surface area contributed by atoms with Crippen molar-refractivity contribution in [3.05, 3.63) is 110 Å². The van der Waals surface area contributed by atoms with Crippen LogP contribution >= 0.6 is 22.6 Å². The van der Waals surface area contributed by atoms with Crippen molar-refractivity contribution in [2.24, 2.45) is 0 Å². The lowest BCUT2D eigenvalue weighted by atomic mass is 10.1. The molecule has 1 N–H and O–H groups in total. The van der Waals surface area contributed by atoms with E-state index in [1.54, 1.807) is 19.3 Å². The van der Waals surface area contributed by atoms with Gasteiger partial charge in [-0.1, -0.05) is 72.3 Å². The van der Waals surface area contributed by atoms with Crippen molar-refractivity contribution < 1.29 is 19.1 Å². The Balaban J connectivity index is 1.36. The Labute approximate surface area is 229 Å². The van der Waals surface area contributed by atoms with E-state index in [-0.39, 0.29) is 18.1 Å². The molecule has 0 aromatic heterocycles. The van der Waals surface area contributed by atoms with Gasteiger partial charge in [0.2, 0.25) is 0 Å². The smallest absolute Gasteiger partial charge is 0.329 e. The quantitative estimate of drug-likeness (QED) is 0.150. The second-order valence-corrected chi connectivity index (χ2v) is 9.99. The molecule has 6 nitrogen and oxygen atoms in total. The fourth-order valence-corrected chi connectivity index (χ4v) is 5.07. The average molecular weight is 604 g/mol. The second-order valence-electron chi connectivity index (χ2n) is 8.83. The van der Waals surface area contributed by atoms with Crippen molar-refractivity contribution in [2.45, 2.75) is 20.1 Å². The van der Waals surface area contributed by atoms with Crippen LogP contribution in [0.5, 0.6) is 11.5 Å². The summed E-state index contributed by atoms with van der Waals surface area (Å²) >= 11 is 2.20. The van der Waals surface area contributed by atoms with Gasteiger partial charge in [-0.25, -0.2) is 4.79 Å². The Kier molecular flexibility index (Phi) is 7.14. The number of nitrogens with one attached hydrogen (secondary N) is 1. The summed E-state index contributed by atoms with van der Waals surface area (Å²) in [5.74, 6) is 0.809. The van der Waals surface area contributed by atoms with Crippen LogP contribution in [0.4, 0.5) is 4.79 Å². The number of urea groups is 1. The van der Waals surface area contributed by atoms with E-state index in [1.165, 1.54) is 4.90 Å². The largest absolute Gasteiger partial charge is 0.493 e. The van der Waals surface area contributed by atoms with Gasteiger partial charge in [-0.3, -0.25) is 9.69 Å². The van der Waals surface area contributed by atoms with Crippen molar-refractivity contribution in [1.29, 1.82) is 0 Å². The Hall–Kier alpha value is -3.85. The number of hydrogen-bond donors (Lipinski definition) is 1. The number of rotatable bonds is 7. The minimum Gasteiger partial charge on any atom is -0.493 e. The lowest BCUT2D eigenvalue weighted by molar-refractivity contribution is -0.123. The van der Waals surface area contributed by atoms with Crippen LogP contribution < -0.4 is 14.8 Å². The SMILES string of the molecule is COc1cc(/C=C2/NC(=O)N(Cc3ccc(C)cc3)C2=O)cc(I)c1OCc1cccc2ccccc12. The molecule has 0 unspecified atom stereocenters. The monoisotopic (exact) mass is 604 g/mol. The number of methoxy groups -OCH3 is 1. The third-order valence-electron chi connectivity index (χ3n) is 6.24. The Morgan fingerprint density at radius 3 is 2.51 bits per heavy atom. The maximum atomic E-state index is 13.0. The van der Waals surface area contributed by atoms with Gasteiger partial charge in [-0.15, -0.1) is 0 Å². The number of fused-ring (bicyclic) bond motifs is 1. The molecule has 0 saturated carbocycles. The number of aryl methyl sites for hydroxylation is 1. The first-order valence-corrected chi connectivity index (χ1v) is 12.9. The number of halogens is 1. The zero-order chi connectivity index (χ0) is 25.9. The highest BCUT2D eigenvalue weighted by atomic mass is 127. The number of amides is 3. The summed E-state index contributed by atoms with van der Waals surface area (Å²) in [5, 5.41) is 5.00. The molecule has 5 rings (SSSR count). The van der Waals surface area contributed by atoms with Crippen molar-refractivity contribution in [3.8, 4) is 11.5 Å². The summed E-state index contributed by atoms with van der Waals surface area (Å²) in [6, 6.07) is 25.4. The summed E-state index contributed by atoms with van der Waals surface area (Å²) in [4.78, 5) is 26.7. The van der Waals surface area contributed by atoms with Gasteiger partial charge in [-0.05, 0) is 75.2 Å². The molecule has 186 valence electrons. The van der Waals surface area contributed by atoms with Gasteiger partial charge in [-0.2, -0.15) is 0 Å². The molecule has 1 aliphatic rings. The third-order valence-corrected chi connectivity index (χ3v) is 7.04. The summed E-state index contributed by atoms with van der Waals surface area (Å²) in [5.41, 5.74) is 4.03. The highest BCUT2D eigenvalue weighted by Crippen LogP contribution is 2.36. The van der Waals surface area contributed by atoms with Crippen LogP contribution in [-0.2, 0) is 17.9 Å². The average Bonchev–Trinajstić information content (AvgIpc) is 3.16. The normalized spacial score (nSPS) is 14.4. The molecule has 0 bridgehead atoms. The van der Waals surface area contributed by atoms with Gasteiger partial charge in [0.25, 0.3) is 5.91 Å². The maximum Gasteiger partial charge on any atom is 0.329 e. The minimum absolute atomic E-state index is 0.212. The summed E-state index contributed by atoms with van der Waals surface area (Å²) in [6.45, 7) is 2.59. The molecule has 0 atom stereocenters. The number of ether oxygens (including phenoxy) is 2. The predicted molar refractivity (Wildman–Crippen MR) is 152 cm³/mol. The standard InChI is InChI=1S/C30H25IN2O4/c1-19-10-12-20(13-11-19)17-33-29(34)26(32-30(33)35)15-21-14-25(31)28(27(16-21)36-2)37-18-23-8-5-7-22-6-3-4-9-24(22)23/h3-16H,17-18H2,1-2H3,(H,32,35)/b26-15+. The Bertz CT molecular complexity index is 1520. The number of benzene rings is 4. The first-order valence-electron chi connectivity index (χ1n) is 11.8. The van der Waals surface area contributed by atoms with Crippen LogP contribution in [0.2, 0.25) is 0 Å². The van der Waals surface area contributed by atoms with Crippen molar-refractivity contribution in [1.82, 2.24) is 10.2 Å². The van der Waals surface area contributed by atoms with Crippen LogP contribution in [0.25, 0.3) is 16.8 Å². The van der Waals surface area contributed by atoms with Crippen LogP contribution in [0.15, 0.2) is 84.6 Å². The number of imide groups is 1. The van der Waals surface area contributed by atoms with Gasteiger partial charge in [0, 0.05) is 0 Å². The first kappa shape index (κ1) is 24.8. The molecular weight excluding hydrogens is 579 g/mol. The number of hydrogen-bond acceptors (Lipinski definition) is 4. The van der Waals surface area contributed by atoms with Crippen LogP contribution in [-0.4, -0.2) is 23.9 Å². The molecule has 1 saturated heterocycles. The van der Waals surface area contributed by atoms with Gasteiger partial charge in [0.15, 0.2) is 11.5 Å². The Morgan fingerprint density at radius 2 is 1.73 bits per heavy atom. The lowest BCUT2D eigenvalue weighted by Crippen LogP contribution is -2.30. The van der Waals surface area contributed by atoms with E-state index in [4.69, 9.17) is 9.47 Å². The zero-order valence-electron chi connectivity index (χ0n) is 20.5. The van der Waals surface area contributed by atoms with E-state index in [9.17, 15) is 9.59 Å². The Morgan fingerprint density at radius 1 is 0.973 bits per heavy atom. The highest BCUT2D eigenvalue weighted by molar-refractivity contribution is 14.1. The van der Waals surface area contributed by atoms with Crippen LogP contribution in [0, 0.1) is 10.5 Å². The summed E-state index contributed by atoms with van der Waals surface area (Å²) < 4.78 is 12.7. The maximum absolute atomic E-state index is 13.0. The molecular formula is C30H25IN2O4. The fourth-order valence-electron chi connectivity index (χ4n) is 4.29. The predicted octanol–water partition coefficient (Wildman–Crippen LogP) is 6.43. The third kappa shape index (κ3) is 5.32. The molecule has 0 spiro atoms. The number of carbonyl (C=O) groups excluding carboxylic acids is 2. The minimum atomic E-state index is -0.437.